The third kappa shape index (κ3) is 5.54. The van der Waals surface area contributed by atoms with Gasteiger partial charge in [-0.15, -0.1) is 0 Å². The molecule has 0 unspecified atom stereocenters. The lowest BCUT2D eigenvalue weighted by Crippen LogP contribution is -1.94. The molecule has 0 aliphatic heterocycles. The molecule has 0 atom stereocenters. The van der Waals surface area contributed by atoms with Crippen LogP contribution in [0.4, 0.5) is 0 Å². The number of nitrogens with zero attached hydrogens (tertiary/aromatic N) is 1. The van der Waals surface area contributed by atoms with Gasteiger partial charge in [-0.3, -0.25) is 4.99 Å². The zero-order valence-electron chi connectivity index (χ0n) is 6.94. The average Bonchev–Trinajstić information content (AvgIpc) is 1.83. The normalized spacial score (nSPS) is 12.8. The van der Waals surface area contributed by atoms with E-state index in [4.69, 9.17) is 0 Å². The van der Waals surface area contributed by atoms with Crippen LogP contribution >= 0.6 is 0 Å². The molecule has 0 aromatic rings. The Labute approximate surface area is 58.2 Å². The summed E-state index contributed by atoms with van der Waals surface area (Å²) in [6, 6.07) is 0. The second kappa shape index (κ2) is 4.54. The van der Waals surface area contributed by atoms with Crippen LogP contribution in [0.3, 0.4) is 0 Å². The van der Waals surface area contributed by atoms with Crippen LogP contribution in [0.5, 0.6) is 0 Å². The van der Waals surface area contributed by atoms with E-state index in [0.717, 1.165) is 12.3 Å². The van der Waals surface area contributed by atoms with Crippen molar-refractivity contribution in [2.24, 2.45) is 10.9 Å². The topological polar surface area (TPSA) is 12.4 Å². The molecule has 0 fully saturated rings. The van der Waals surface area contributed by atoms with Crippen LogP contribution in [0.1, 0.15) is 33.6 Å². The van der Waals surface area contributed by atoms with Crippen molar-refractivity contribution < 1.29 is 0 Å². The summed E-state index contributed by atoms with van der Waals surface area (Å²) in [6.45, 7) is 6.56. The van der Waals surface area contributed by atoms with E-state index in [0.29, 0.717) is 0 Å². The molecular weight excluding hydrogens is 110 g/mol. The second-order valence-electron chi connectivity index (χ2n) is 2.89. The zero-order valence-corrected chi connectivity index (χ0v) is 6.94. The molecule has 1 heteroatoms. The summed E-state index contributed by atoms with van der Waals surface area (Å²) in [5.74, 6) is 0.807. The molecule has 54 valence electrons. The Morgan fingerprint density at radius 2 is 2.00 bits per heavy atom. The van der Waals surface area contributed by atoms with Crippen molar-refractivity contribution in [3.63, 3.8) is 0 Å². The van der Waals surface area contributed by atoms with Crippen LogP contribution in [0, 0.1) is 5.92 Å². The average molecular weight is 127 g/mol. The lowest BCUT2D eigenvalue weighted by molar-refractivity contribution is 0.603. The quantitative estimate of drug-likeness (QED) is 0.516. The van der Waals surface area contributed by atoms with Gasteiger partial charge in [0, 0.05) is 12.8 Å². The first-order valence-electron chi connectivity index (χ1n) is 3.59. The predicted octanol–water partition coefficient (Wildman–Crippen LogP) is 2.51. The van der Waals surface area contributed by atoms with E-state index in [1.54, 1.807) is 0 Å². The van der Waals surface area contributed by atoms with Crippen molar-refractivity contribution in [2.45, 2.75) is 33.6 Å². The van der Waals surface area contributed by atoms with Crippen molar-refractivity contribution in [3.8, 4) is 0 Å². The number of aliphatic imine (C=N–C) groups is 1. The van der Waals surface area contributed by atoms with Gasteiger partial charge in [0.1, 0.15) is 0 Å². The highest BCUT2D eigenvalue weighted by molar-refractivity contribution is 5.81. The molecule has 1 nitrogen and oxygen atoms in total. The standard InChI is InChI=1S/C8H17N/c1-7(2)5-6-8(3)9-4/h7H,5-6H2,1-4H3. The van der Waals surface area contributed by atoms with Gasteiger partial charge in [-0.05, 0) is 25.7 Å². The summed E-state index contributed by atoms with van der Waals surface area (Å²) in [7, 11) is 1.86. The van der Waals surface area contributed by atoms with Crippen LogP contribution in [0.15, 0.2) is 4.99 Å². The van der Waals surface area contributed by atoms with Gasteiger partial charge < -0.3 is 0 Å². The second-order valence-corrected chi connectivity index (χ2v) is 2.89. The van der Waals surface area contributed by atoms with E-state index in [2.05, 4.69) is 25.8 Å². The molecule has 0 spiro atoms. The number of hydrogen-bond acceptors (Lipinski definition) is 1. The molecule has 0 radical (unpaired) electrons. The van der Waals surface area contributed by atoms with Gasteiger partial charge in [0.25, 0.3) is 0 Å². The SMILES string of the molecule is CN=C(C)CCC(C)C. The van der Waals surface area contributed by atoms with E-state index >= 15 is 0 Å². The van der Waals surface area contributed by atoms with Crippen LogP contribution < -0.4 is 0 Å². The molecule has 0 aromatic carbocycles. The Morgan fingerprint density at radius 1 is 1.44 bits per heavy atom. The smallest absolute Gasteiger partial charge is 0.0276 e. The maximum Gasteiger partial charge on any atom is 0.0276 e. The Hall–Kier alpha value is -0.330. The molecular formula is C8H17N. The highest BCUT2D eigenvalue weighted by Gasteiger charge is 1.94. The molecule has 0 amide bonds. The lowest BCUT2D eigenvalue weighted by atomic mass is 10.1. The summed E-state index contributed by atoms with van der Waals surface area (Å²) in [6.07, 6.45) is 2.43. The van der Waals surface area contributed by atoms with Gasteiger partial charge in [0.2, 0.25) is 0 Å². The molecule has 0 aliphatic carbocycles. The predicted molar refractivity (Wildman–Crippen MR) is 43.1 cm³/mol. The lowest BCUT2D eigenvalue weighted by Gasteiger charge is -2.01. The minimum Gasteiger partial charge on any atom is -0.298 e. The number of rotatable bonds is 3. The molecule has 9 heavy (non-hydrogen) atoms. The fraction of sp³-hybridized carbons (Fsp3) is 0.875. The Kier molecular flexibility index (Phi) is 4.37. The first-order chi connectivity index (χ1) is 4.16. The molecule has 0 bridgehead atoms. The Bertz CT molecular complexity index is 92.7. The summed E-state index contributed by atoms with van der Waals surface area (Å²) >= 11 is 0. The summed E-state index contributed by atoms with van der Waals surface area (Å²) in [4.78, 5) is 4.08. The first-order valence-corrected chi connectivity index (χ1v) is 3.59. The molecule has 0 heterocycles. The fourth-order valence-corrected chi connectivity index (χ4v) is 0.609. The van der Waals surface area contributed by atoms with Crippen molar-refractivity contribution in [1.82, 2.24) is 0 Å². The van der Waals surface area contributed by atoms with Gasteiger partial charge in [-0.25, -0.2) is 0 Å². The Balaban J connectivity index is 3.28. The third-order valence-electron chi connectivity index (χ3n) is 1.47. The van der Waals surface area contributed by atoms with Crippen molar-refractivity contribution in [3.05, 3.63) is 0 Å². The number of hydrogen-bond donors (Lipinski definition) is 0. The van der Waals surface area contributed by atoms with E-state index in [-0.39, 0.29) is 0 Å². The van der Waals surface area contributed by atoms with Crippen LogP contribution in [-0.4, -0.2) is 12.8 Å². The molecule has 0 saturated carbocycles. The van der Waals surface area contributed by atoms with Crippen LogP contribution in [0.2, 0.25) is 0 Å². The maximum absolute atomic E-state index is 4.08. The summed E-state index contributed by atoms with van der Waals surface area (Å²) in [5, 5.41) is 0. The molecule has 0 aliphatic rings. The highest BCUT2D eigenvalue weighted by Crippen LogP contribution is 2.03. The van der Waals surface area contributed by atoms with Gasteiger partial charge in [-0.1, -0.05) is 13.8 Å². The highest BCUT2D eigenvalue weighted by atomic mass is 14.7. The van der Waals surface area contributed by atoms with Gasteiger partial charge in [-0.2, -0.15) is 0 Å². The fourth-order valence-electron chi connectivity index (χ4n) is 0.609. The van der Waals surface area contributed by atoms with E-state index in [9.17, 15) is 0 Å². The van der Waals surface area contributed by atoms with Gasteiger partial charge >= 0.3 is 0 Å². The molecule has 0 aromatic heterocycles. The van der Waals surface area contributed by atoms with Crippen LogP contribution in [0.25, 0.3) is 0 Å². The van der Waals surface area contributed by atoms with Crippen molar-refractivity contribution in [2.75, 3.05) is 7.05 Å². The van der Waals surface area contributed by atoms with Crippen LogP contribution in [-0.2, 0) is 0 Å². The minimum atomic E-state index is 0.807. The molecule has 0 saturated heterocycles. The van der Waals surface area contributed by atoms with Gasteiger partial charge in [0.05, 0.1) is 0 Å². The van der Waals surface area contributed by atoms with E-state index in [1.807, 2.05) is 7.05 Å². The van der Waals surface area contributed by atoms with Gasteiger partial charge in [0.15, 0.2) is 0 Å². The van der Waals surface area contributed by atoms with Crippen molar-refractivity contribution >= 4 is 5.71 Å². The summed E-state index contributed by atoms with van der Waals surface area (Å²) in [5.41, 5.74) is 1.27. The maximum atomic E-state index is 4.08. The van der Waals surface area contributed by atoms with E-state index < -0.39 is 0 Å². The molecule has 0 N–H and O–H groups in total. The molecule has 0 rings (SSSR count). The third-order valence-corrected chi connectivity index (χ3v) is 1.47. The summed E-state index contributed by atoms with van der Waals surface area (Å²) < 4.78 is 0. The minimum absolute atomic E-state index is 0.807. The van der Waals surface area contributed by atoms with Crippen molar-refractivity contribution in [1.29, 1.82) is 0 Å². The van der Waals surface area contributed by atoms with E-state index in [1.165, 1.54) is 12.1 Å². The zero-order chi connectivity index (χ0) is 7.28. The first kappa shape index (κ1) is 8.67. The monoisotopic (exact) mass is 127 g/mol. The Morgan fingerprint density at radius 3 is 2.33 bits per heavy atom. The largest absolute Gasteiger partial charge is 0.298 e.